The highest BCUT2D eigenvalue weighted by molar-refractivity contribution is 7.88. The summed E-state index contributed by atoms with van der Waals surface area (Å²) in [6.07, 6.45) is 2.29. The van der Waals surface area contributed by atoms with Crippen molar-refractivity contribution < 1.29 is 13.2 Å². The average molecular weight is 378 g/mol. The first kappa shape index (κ1) is 18.5. The highest BCUT2D eigenvalue weighted by Crippen LogP contribution is 2.24. The van der Waals surface area contributed by atoms with Gasteiger partial charge in [0.2, 0.25) is 15.9 Å². The smallest absolute Gasteiger partial charge is 0.272 e. The molecular weight excluding hydrogens is 356 g/mol. The summed E-state index contributed by atoms with van der Waals surface area (Å²) in [4.78, 5) is 26.5. The van der Waals surface area contributed by atoms with Crippen LogP contribution in [0.5, 0.6) is 0 Å². The molecule has 1 aromatic carbocycles. The predicted octanol–water partition coefficient (Wildman–Crippen LogP) is 0.567. The normalized spacial score (nSPS) is 17.4. The Morgan fingerprint density at radius 1 is 1.27 bits per heavy atom. The monoisotopic (exact) mass is 378 g/mol. The molecule has 0 aliphatic carbocycles. The number of amides is 1. The van der Waals surface area contributed by atoms with Crippen LogP contribution in [-0.4, -0.2) is 54.8 Å². The van der Waals surface area contributed by atoms with Crippen molar-refractivity contribution in [3.63, 3.8) is 0 Å². The van der Waals surface area contributed by atoms with Crippen LogP contribution in [0.3, 0.4) is 0 Å². The number of benzene rings is 1. The van der Waals surface area contributed by atoms with Crippen molar-refractivity contribution in [2.24, 2.45) is 0 Å². The van der Waals surface area contributed by atoms with E-state index in [0.717, 1.165) is 6.26 Å². The molecule has 1 amide bonds. The molecule has 1 atom stereocenters. The molecule has 1 unspecified atom stereocenters. The summed E-state index contributed by atoms with van der Waals surface area (Å²) in [5.74, 6) is -0.580. The van der Waals surface area contributed by atoms with E-state index in [2.05, 4.69) is 14.9 Å². The third-order valence-electron chi connectivity index (χ3n) is 4.69. The fourth-order valence-corrected chi connectivity index (χ4v) is 4.22. The summed E-state index contributed by atoms with van der Waals surface area (Å²) in [5, 5.41) is 7.75. The number of fused-ring (bicyclic) bond motifs is 1. The number of likely N-dealkylation sites (tertiary alicyclic amines) is 1. The van der Waals surface area contributed by atoms with E-state index in [1.54, 1.807) is 30.0 Å². The van der Waals surface area contributed by atoms with Crippen molar-refractivity contribution in [2.45, 2.75) is 31.7 Å². The lowest BCUT2D eigenvalue weighted by Gasteiger charge is -2.33. The third kappa shape index (κ3) is 3.94. The first-order valence-corrected chi connectivity index (χ1v) is 10.4. The number of H-pyrrole nitrogens is 1. The number of aromatic nitrogens is 2. The second kappa shape index (κ2) is 7.16. The molecule has 0 bridgehead atoms. The number of rotatable bonds is 4. The van der Waals surface area contributed by atoms with Gasteiger partial charge in [0.1, 0.15) is 0 Å². The summed E-state index contributed by atoms with van der Waals surface area (Å²) in [6.45, 7) is 2.74. The molecule has 1 aromatic heterocycles. The number of piperidine rings is 1. The zero-order chi connectivity index (χ0) is 18.9. The molecule has 2 aromatic rings. The molecule has 2 N–H and O–H groups in total. The minimum Gasteiger partial charge on any atom is -0.342 e. The van der Waals surface area contributed by atoms with Crippen LogP contribution in [0.15, 0.2) is 29.1 Å². The number of carbonyl (C=O) groups is 1. The zero-order valence-electron chi connectivity index (χ0n) is 14.7. The Hall–Kier alpha value is -2.26. The van der Waals surface area contributed by atoms with Gasteiger partial charge < -0.3 is 4.90 Å². The Bertz CT molecular complexity index is 978. The van der Waals surface area contributed by atoms with Gasteiger partial charge in [0.05, 0.1) is 23.3 Å². The van der Waals surface area contributed by atoms with E-state index in [4.69, 9.17) is 0 Å². The fraction of sp³-hybridized carbons (Fsp3) is 0.471. The van der Waals surface area contributed by atoms with Crippen molar-refractivity contribution in [2.75, 3.05) is 19.3 Å². The first-order chi connectivity index (χ1) is 12.3. The number of nitrogens with one attached hydrogen (secondary N) is 2. The lowest BCUT2D eigenvalue weighted by molar-refractivity contribution is -0.133. The van der Waals surface area contributed by atoms with Crippen LogP contribution in [0.4, 0.5) is 0 Å². The van der Waals surface area contributed by atoms with Crippen LogP contribution in [0.2, 0.25) is 0 Å². The molecule has 1 aliphatic heterocycles. The molecule has 140 valence electrons. The van der Waals surface area contributed by atoms with E-state index in [1.807, 2.05) is 6.07 Å². The summed E-state index contributed by atoms with van der Waals surface area (Å²) in [5.41, 5.74) is 0.262. The average Bonchev–Trinajstić information content (AvgIpc) is 2.60. The van der Waals surface area contributed by atoms with Crippen LogP contribution in [0.25, 0.3) is 10.8 Å². The van der Waals surface area contributed by atoms with E-state index in [-0.39, 0.29) is 17.5 Å². The maximum Gasteiger partial charge on any atom is 0.272 e. The predicted molar refractivity (Wildman–Crippen MR) is 98.4 cm³/mol. The Morgan fingerprint density at radius 3 is 2.50 bits per heavy atom. The molecule has 8 nitrogen and oxygen atoms in total. The van der Waals surface area contributed by atoms with E-state index in [0.29, 0.717) is 42.4 Å². The second-order valence-electron chi connectivity index (χ2n) is 6.69. The molecule has 3 rings (SSSR count). The molecule has 1 aliphatic rings. The SMILES string of the molecule is CC(C(=O)N1CCC(NS(C)(=O)=O)CC1)c1n[nH]c(=O)c2ccccc12. The first-order valence-electron chi connectivity index (χ1n) is 8.49. The van der Waals surface area contributed by atoms with Crippen molar-refractivity contribution in [3.8, 4) is 0 Å². The Balaban J connectivity index is 1.76. The van der Waals surface area contributed by atoms with Crippen molar-refractivity contribution in [1.29, 1.82) is 0 Å². The van der Waals surface area contributed by atoms with Gasteiger partial charge in [0, 0.05) is 24.5 Å². The lowest BCUT2D eigenvalue weighted by Crippen LogP contribution is -2.47. The highest BCUT2D eigenvalue weighted by atomic mass is 32.2. The van der Waals surface area contributed by atoms with Gasteiger partial charge in [-0.2, -0.15) is 5.10 Å². The second-order valence-corrected chi connectivity index (χ2v) is 8.47. The molecule has 9 heteroatoms. The van der Waals surface area contributed by atoms with Gasteiger partial charge >= 0.3 is 0 Å². The quantitative estimate of drug-likeness (QED) is 0.808. The standard InChI is InChI=1S/C17H22N4O4S/c1-11(15-13-5-3-4-6-14(13)16(22)19-18-15)17(23)21-9-7-12(8-10-21)20-26(2,24)25/h3-6,11-12,20H,7-10H2,1-2H3,(H,19,22). The molecule has 2 heterocycles. The number of sulfonamides is 1. The fourth-order valence-electron chi connectivity index (χ4n) is 3.38. The van der Waals surface area contributed by atoms with Crippen LogP contribution in [0.1, 0.15) is 31.4 Å². The Kier molecular flexibility index (Phi) is 5.10. The van der Waals surface area contributed by atoms with Crippen LogP contribution < -0.4 is 10.3 Å². The number of hydrogen-bond acceptors (Lipinski definition) is 5. The zero-order valence-corrected chi connectivity index (χ0v) is 15.5. The van der Waals surface area contributed by atoms with Crippen molar-refractivity contribution >= 4 is 26.7 Å². The van der Waals surface area contributed by atoms with Gasteiger partial charge in [-0.3, -0.25) is 9.59 Å². The number of carbonyl (C=O) groups excluding carboxylic acids is 1. The Labute approximate surface area is 151 Å². The third-order valence-corrected chi connectivity index (χ3v) is 5.45. The Morgan fingerprint density at radius 2 is 1.88 bits per heavy atom. The van der Waals surface area contributed by atoms with E-state index < -0.39 is 15.9 Å². The van der Waals surface area contributed by atoms with Gasteiger partial charge in [0.15, 0.2) is 0 Å². The number of hydrogen-bond donors (Lipinski definition) is 2. The van der Waals surface area contributed by atoms with Gasteiger partial charge in [-0.25, -0.2) is 18.2 Å². The van der Waals surface area contributed by atoms with E-state index >= 15 is 0 Å². The van der Waals surface area contributed by atoms with Gasteiger partial charge in [-0.15, -0.1) is 0 Å². The minimum absolute atomic E-state index is 0.0764. The number of nitrogens with zero attached hydrogens (tertiary/aromatic N) is 2. The largest absolute Gasteiger partial charge is 0.342 e. The van der Waals surface area contributed by atoms with Gasteiger partial charge in [0.25, 0.3) is 5.56 Å². The van der Waals surface area contributed by atoms with E-state index in [1.165, 1.54) is 0 Å². The molecule has 0 saturated carbocycles. The summed E-state index contributed by atoms with van der Waals surface area (Å²) in [6, 6.07) is 6.94. The highest BCUT2D eigenvalue weighted by Gasteiger charge is 2.29. The van der Waals surface area contributed by atoms with Crippen molar-refractivity contribution in [3.05, 3.63) is 40.3 Å². The van der Waals surface area contributed by atoms with Gasteiger partial charge in [-0.1, -0.05) is 18.2 Å². The van der Waals surface area contributed by atoms with Crippen LogP contribution >= 0.6 is 0 Å². The summed E-state index contributed by atoms with van der Waals surface area (Å²) in [7, 11) is -3.25. The lowest BCUT2D eigenvalue weighted by atomic mass is 9.98. The summed E-state index contributed by atoms with van der Waals surface area (Å²) < 4.78 is 25.3. The molecule has 1 fully saturated rings. The molecule has 26 heavy (non-hydrogen) atoms. The molecule has 0 radical (unpaired) electrons. The van der Waals surface area contributed by atoms with E-state index in [9.17, 15) is 18.0 Å². The number of aromatic amines is 1. The maximum atomic E-state index is 12.9. The molecular formula is C17H22N4O4S. The molecule has 0 spiro atoms. The van der Waals surface area contributed by atoms with Crippen LogP contribution in [-0.2, 0) is 14.8 Å². The minimum atomic E-state index is -3.25. The summed E-state index contributed by atoms with van der Waals surface area (Å²) >= 11 is 0. The van der Waals surface area contributed by atoms with Gasteiger partial charge in [-0.05, 0) is 25.8 Å². The topological polar surface area (TPSA) is 112 Å². The van der Waals surface area contributed by atoms with Crippen molar-refractivity contribution in [1.82, 2.24) is 19.8 Å². The maximum absolute atomic E-state index is 12.9. The molecule has 1 saturated heterocycles. The van der Waals surface area contributed by atoms with Crippen LogP contribution in [0, 0.1) is 0 Å².